The van der Waals surface area contributed by atoms with Gasteiger partial charge in [-0.1, -0.05) is 24.3 Å². The third kappa shape index (κ3) is 3.77. The zero-order valence-corrected chi connectivity index (χ0v) is 17.7. The van der Waals surface area contributed by atoms with E-state index in [1.165, 1.54) is 17.7 Å². The topological polar surface area (TPSA) is 50.8 Å². The van der Waals surface area contributed by atoms with E-state index < -0.39 is 5.60 Å². The summed E-state index contributed by atoms with van der Waals surface area (Å²) in [6.07, 6.45) is 1.93. The van der Waals surface area contributed by atoms with Crippen LogP contribution in [0, 0.1) is 5.82 Å². The van der Waals surface area contributed by atoms with E-state index in [4.69, 9.17) is 9.47 Å². The lowest BCUT2D eigenvalue weighted by atomic mass is 9.91. The summed E-state index contributed by atoms with van der Waals surface area (Å²) in [6.45, 7) is 8.38. The zero-order chi connectivity index (χ0) is 21.6. The molecule has 1 saturated heterocycles. The Balaban J connectivity index is 1.45. The maximum atomic E-state index is 13.6. The van der Waals surface area contributed by atoms with Crippen LogP contribution >= 0.6 is 0 Å². The van der Waals surface area contributed by atoms with Gasteiger partial charge in [-0.2, -0.15) is 0 Å². The molecule has 31 heavy (non-hydrogen) atoms. The molecule has 6 heteroatoms. The Bertz CT molecular complexity index is 1100. The maximum absolute atomic E-state index is 13.6. The number of nitrogens with zero attached hydrogens (tertiary/aromatic N) is 1. The van der Waals surface area contributed by atoms with E-state index in [0.717, 1.165) is 44.0 Å². The van der Waals surface area contributed by atoms with Gasteiger partial charge in [-0.15, -0.1) is 0 Å². The van der Waals surface area contributed by atoms with Crippen LogP contribution in [0.4, 0.5) is 10.1 Å². The fourth-order valence-electron chi connectivity index (χ4n) is 4.42. The second-order valence-corrected chi connectivity index (χ2v) is 8.64. The van der Waals surface area contributed by atoms with E-state index in [9.17, 15) is 9.18 Å². The Labute approximate surface area is 181 Å². The highest BCUT2D eigenvalue weighted by atomic mass is 19.1. The normalized spacial score (nSPS) is 22.7. The standard InChI is InChI=1S/C25H25FN2O3/c1-25(2)20(17-5-3-16(4-6-17)15-28-9-11-30-12-10-28)14-22(31-25)23-19-8-7-18(26)13-21(19)27-24(23)29/h3-8,13-14H,9-12,15H2,1-2H3,(H,27,29)/b23-22+. The van der Waals surface area contributed by atoms with E-state index in [1.807, 2.05) is 19.9 Å². The fourth-order valence-corrected chi connectivity index (χ4v) is 4.42. The molecule has 0 radical (unpaired) electrons. The molecule has 2 aromatic rings. The number of halogens is 1. The minimum Gasteiger partial charge on any atom is -0.482 e. The molecule has 3 aliphatic rings. The van der Waals surface area contributed by atoms with Gasteiger partial charge in [0.2, 0.25) is 0 Å². The summed E-state index contributed by atoms with van der Waals surface area (Å²) in [6, 6.07) is 12.8. The molecule has 1 N–H and O–H groups in total. The van der Waals surface area contributed by atoms with Crippen LogP contribution in [0.3, 0.4) is 0 Å². The molecule has 0 aliphatic carbocycles. The Hall–Kier alpha value is -2.96. The van der Waals surface area contributed by atoms with Crippen molar-refractivity contribution in [3.8, 4) is 0 Å². The molecule has 1 amide bonds. The number of nitrogens with one attached hydrogen (secondary N) is 1. The Morgan fingerprint density at radius 2 is 1.84 bits per heavy atom. The molecule has 3 heterocycles. The maximum Gasteiger partial charge on any atom is 0.260 e. The Kier molecular flexibility index (Phi) is 4.91. The summed E-state index contributed by atoms with van der Waals surface area (Å²) in [5.74, 6) is -0.142. The molecule has 5 rings (SSSR count). The summed E-state index contributed by atoms with van der Waals surface area (Å²) in [5.41, 5.74) is 4.32. The van der Waals surface area contributed by atoms with E-state index in [2.05, 4.69) is 34.5 Å². The van der Waals surface area contributed by atoms with Crippen LogP contribution in [0.1, 0.15) is 30.5 Å². The molecular weight excluding hydrogens is 395 g/mol. The van der Waals surface area contributed by atoms with Gasteiger partial charge in [0, 0.05) is 30.8 Å². The van der Waals surface area contributed by atoms with Crippen LogP contribution in [0.5, 0.6) is 0 Å². The van der Waals surface area contributed by atoms with Crippen molar-refractivity contribution in [2.45, 2.75) is 26.0 Å². The van der Waals surface area contributed by atoms with Crippen LogP contribution in [-0.4, -0.2) is 42.7 Å². The third-order valence-electron chi connectivity index (χ3n) is 6.04. The summed E-state index contributed by atoms with van der Waals surface area (Å²) >= 11 is 0. The fraction of sp³-hybridized carbons (Fsp3) is 0.320. The molecule has 2 aromatic carbocycles. The molecular formula is C25H25FN2O3. The Morgan fingerprint density at radius 3 is 2.58 bits per heavy atom. The number of ether oxygens (including phenoxy) is 2. The minimum atomic E-state index is -0.586. The van der Waals surface area contributed by atoms with Gasteiger partial charge in [-0.05, 0) is 49.2 Å². The molecule has 0 saturated carbocycles. The molecule has 0 atom stereocenters. The summed E-state index contributed by atoms with van der Waals surface area (Å²) < 4.78 is 25.2. The van der Waals surface area contributed by atoms with Crippen molar-refractivity contribution >= 4 is 22.7 Å². The van der Waals surface area contributed by atoms with E-state index in [0.29, 0.717) is 22.6 Å². The first kappa shape index (κ1) is 20.0. The lowest BCUT2D eigenvalue weighted by Gasteiger charge is -2.27. The number of carbonyl (C=O) groups excluding carboxylic acids is 1. The van der Waals surface area contributed by atoms with E-state index in [1.54, 1.807) is 6.07 Å². The summed E-state index contributed by atoms with van der Waals surface area (Å²) in [4.78, 5) is 15.0. The lowest BCUT2D eigenvalue weighted by Crippen LogP contribution is -2.35. The lowest BCUT2D eigenvalue weighted by molar-refractivity contribution is -0.111. The van der Waals surface area contributed by atoms with Gasteiger partial charge < -0.3 is 14.8 Å². The van der Waals surface area contributed by atoms with Crippen LogP contribution in [-0.2, 0) is 20.8 Å². The number of hydrogen-bond acceptors (Lipinski definition) is 4. The molecule has 0 spiro atoms. The van der Waals surface area contributed by atoms with Crippen molar-refractivity contribution < 1.29 is 18.7 Å². The largest absolute Gasteiger partial charge is 0.482 e. The van der Waals surface area contributed by atoms with Crippen LogP contribution in [0.25, 0.3) is 11.1 Å². The van der Waals surface area contributed by atoms with Crippen molar-refractivity contribution in [2.24, 2.45) is 0 Å². The summed E-state index contributed by atoms with van der Waals surface area (Å²) in [7, 11) is 0. The molecule has 160 valence electrons. The summed E-state index contributed by atoms with van der Waals surface area (Å²) in [5, 5.41) is 2.73. The van der Waals surface area contributed by atoms with Crippen molar-refractivity contribution in [1.82, 2.24) is 4.90 Å². The monoisotopic (exact) mass is 420 g/mol. The van der Waals surface area contributed by atoms with E-state index in [-0.39, 0.29) is 11.7 Å². The first-order valence-corrected chi connectivity index (χ1v) is 10.6. The average molecular weight is 420 g/mol. The highest BCUT2D eigenvalue weighted by Gasteiger charge is 2.38. The molecule has 0 aromatic heterocycles. The predicted octanol–water partition coefficient (Wildman–Crippen LogP) is 4.21. The van der Waals surface area contributed by atoms with Gasteiger partial charge in [0.1, 0.15) is 17.2 Å². The van der Waals surface area contributed by atoms with Gasteiger partial charge >= 0.3 is 0 Å². The quantitative estimate of drug-likeness (QED) is 0.756. The molecule has 3 aliphatic heterocycles. The number of allylic oxidation sites excluding steroid dienone is 1. The van der Waals surface area contributed by atoms with Gasteiger partial charge in [0.25, 0.3) is 5.91 Å². The van der Waals surface area contributed by atoms with Crippen molar-refractivity contribution in [1.29, 1.82) is 0 Å². The number of morpholine rings is 1. The van der Waals surface area contributed by atoms with Gasteiger partial charge in [-0.25, -0.2) is 4.39 Å². The van der Waals surface area contributed by atoms with Crippen molar-refractivity contribution in [2.75, 3.05) is 31.6 Å². The second-order valence-electron chi connectivity index (χ2n) is 8.64. The minimum absolute atomic E-state index is 0.273. The predicted molar refractivity (Wildman–Crippen MR) is 118 cm³/mol. The highest BCUT2D eigenvalue weighted by Crippen LogP contribution is 2.44. The average Bonchev–Trinajstić information content (AvgIpc) is 3.23. The van der Waals surface area contributed by atoms with Crippen LogP contribution < -0.4 is 5.32 Å². The molecule has 5 nitrogen and oxygen atoms in total. The van der Waals surface area contributed by atoms with Crippen molar-refractivity contribution in [3.05, 3.63) is 76.8 Å². The molecule has 0 bridgehead atoms. The second kappa shape index (κ2) is 7.62. The van der Waals surface area contributed by atoms with Gasteiger partial charge in [-0.3, -0.25) is 9.69 Å². The van der Waals surface area contributed by atoms with Crippen LogP contribution in [0.15, 0.2) is 54.3 Å². The molecule has 1 fully saturated rings. The third-order valence-corrected chi connectivity index (χ3v) is 6.04. The van der Waals surface area contributed by atoms with Crippen molar-refractivity contribution in [3.63, 3.8) is 0 Å². The number of fused-ring (bicyclic) bond motifs is 1. The first-order valence-electron chi connectivity index (χ1n) is 10.6. The zero-order valence-electron chi connectivity index (χ0n) is 17.7. The number of anilines is 1. The van der Waals surface area contributed by atoms with E-state index >= 15 is 0 Å². The Morgan fingerprint density at radius 1 is 1.10 bits per heavy atom. The smallest absolute Gasteiger partial charge is 0.260 e. The van der Waals surface area contributed by atoms with Crippen LogP contribution in [0.2, 0.25) is 0 Å². The number of benzene rings is 2. The number of carbonyl (C=O) groups is 1. The SMILES string of the molecule is CC1(C)O/C(=C2/C(=O)Nc3cc(F)ccc32)C=C1c1ccc(CN2CCOCC2)cc1. The first-order chi connectivity index (χ1) is 14.9. The van der Waals surface area contributed by atoms with Gasteiger partial charge in [0.15, 0.2) is 0 Å². The number of hydrogen-bond donors (Lipinski definition) is 1. The van der Waals surface area contributed by atoms with Gasteiger partial charge in [0.05, 0.1) is 24.5 Å². The number of rotatable bonds is 3. The number of amides is 1. The molecule has 0 unspecified atom stereocenters. The highest BCUT2D eigenvalue weighted by molar-refractivity contribution is 6.32.